The number of ether oxygens (including phenoxy) is 1. The highest BCUT2D eigenvalue weighted by atomic mass is 32.1. The van der Waals surface area contributed by atoms with Crippen LogP contribution < -0.4 is 4.74 Å². The quantitative estimate of drug-likeness (QED) is 0.852. The van der Waals surface area contributed by atoms with Crippen LogP contribution in [0.3, 0.4) is 0 Å². The molecule has 0 aliphatic rings. The Morgan fingerprint density at radius 2 is 2.44 bits per heavy atom. The lowest BCUT2D eigenvalue weighted by Crippen LogP contribution is -2.09. The van der Waals surface area contributed by atoms with Crippen LogP contribution in [0.2, 0.25) is 0 Å². The molecule has 2 aromatic rings. The first-order valence-electron chi connectivity index (χ1n) is 5.41. The summed E-state index contributed by atoms with van der Waals surface area (Å²) in [5, 5.41) is 21.8. The van der Waals surface area contributed by atoms with Gasteiger partial charge >= 0.3 is 5.97 Å². The molecule has 0 spiro atoms. The number of rotatable bonds is 6. The van der Waals surface area contributed by atoms with Crippen LogP contribution in [-0.4, -0.2) is 31.3 Å². The lowest BCUT2D eigenvalue weighted by Gasteiger charge is -2.05. The molecule has 8 heteroatoms. The molecule has 0 saturated heterocycles. The monoisotopic (exact) mass is 268 g/mol. The molecule has 0 amide bonds. The number of tetrazole rings is 1. The molecule has 0 aliphatic heterocycles. The summed E-state index contributed by atoms with van der Waals surface area (Å²) in [5.74, 6) is -0.0638. The van der Waals surface area contributed by atoms with Gasteiger partial charge in [0.05, 0.1) is 0 Å². The molecule has 7 nitrogen and oxygen atoms in total. The van der Waals surface area contributed by atoms with E-state index in [4.69, 9.17) is 9.84 Å². The van der Waals surface area contributed by atoms with Gasteiger partial charge < -0.3 is 9.84 Å². The number of aromatic carboxylic acids is 1. The van der Waals surface area contributed by atoms with Crippen molar-refractivity contribution in [2.75, 3.05) is 0 Å². The van der Waals surface area contributed by atoms with Crippen molar-refractivity contribution >= 4 is 17.3 Å². The minimum Gasteiger partial charge on any atom is -0.484 e. The van der Waals surface area contributed by atoms with E-state index in [-0.39, 0.29) is 11.5 Å². The number of hydrogen-bond acceptors (Lipinski definition) is 6. The zero-order valence-corrected chi connectivity index (χ0v) is 10.6. The van der Waals surface area contributed by atoms with Crippen LogP contribution in [0.15, 0.2) is 11.4 Å². The van der Waals surface area contributed by atoms with Gasteiger partial charge in [-0.2, -0.15) is 0 Å². The molecule has 18 heavy (non-hydrogen) atoms. The van der Waals surface area contributed by atoms with Crippen LogP contribution in [0, 0.1) is 0 Å². The van der Waals surface area contributed by atoms with Gasteiger partial charge in [-0.3, -0.25) is 0 Å². The summed E-state index contributed by atoms with van der Waals surface area (Å²) < 4.78 is 7.08. The van der Waals surface area contributed by atoms with Gasteiger partial charge in [-0.05, 0) is 28.3 Å². The van der Waals surface area contributed by atoms with Crippen LogP contribution in [0.1, 0.15) is 28.8 Å². The number of aryl methyl sites for hydroxylation is 1. The molecular formula is C10H12N4O3S. The third kappa shape index (κ3) is 2.65. The van der Waals surface area contributed by atoms with Gasteiger partial charge in [0.15, 0.2) is 10.7 Å². The van der Waals surface area contributed by atoms with Gasteiger partial charge in [0.1, 0.15) is 12.4 Å². The maximum Gasteiger partial charge on any atom is 0.349 e. The van der Waals surface area contributed by atoms with Gasteiger partial charge in [-0.1, -0.05) is 6.92 Å². The van der Waals surface area contributed by atoms with Crippen molar-refractivity contribution < 1.29 is 14.6 Å². The minimum absolute atomic E-state index is 0.157. The van der Waals surface area contributed by atoms with Crippen molar-refractivity contribution in [3.05, 3.63) is 22.1 Å². The number of nitrogens with zero attached hydrogens (tertiary/aromatic N) is 4. The Kier molecular flexibility index (Phi) is 3.88. The molecule has 0 aliphatic carbocycles. The average Bonchev–Trinajstić information content (AvgIpc) is 2.95. The average molecular weight is 268 g/mol. The van der Waals surface area contributed by atoms with Crippen molar-refractivity contribution in [3.63, 3.8) is 0 Å². The molecule has 96 valence electrons. The van der Waals surface area contributed by atoms with E-state index in [0.29, 0.717) is 18.1 Å². The second-order valence-electron chi connectivity index (χ2n) is 3.53. The predicted octanol–water partition coefficient (Wildman–Crippen LogP) is 1.42. The highest BCUT2D eigenvalue weighted by Gasteiger charge is 2.14. The van der Waals surface area contributed by atoms with Gasteiger partial charge in [0, 0.05) is 6.54 Å². The van der Waals surface area contributed by atoms with E-state index in [1.807, 2.05) is 6.92 Å². The van der Waals surface area contributed by atoms with E-state index < -0.39 is 5.97 Å². The SMILES string of the molecule is CCCn1nnnc1COc1ccsc1C(=O)O. The molecule has 1 N–H and O–H groups in total. The summed E-state index contributed by atoms with van der Waals surface area (Å²) in [6, 6.07) is 1.63. The Bertz CT molecular complexity index is 537. The standard InChI is InChI=1S/C10H12N4O3S/c1-2-4-14-8(11-12-13-14)6-17-7-3-5-18-9(7)10(15)16/h3,5H,2,4,6H2,1H3,(H,15,16). The first kappa shape index (κ1) is 12.5. The van der Waals surface area contributed by atoms with Crippen molar-refractivity contribution in [2.24, 2.45) is 0 Å². The van der Waals surface area contributed by atoms with E-state index in [1.165, 1.54) is 0 Å². The molecule has 0 saturated carbocycles. The lowest BCUT2D eigenvalue weighted by atomic mass is 10.4. The number of hydrogen-bond donors (Lipinski definition) is 1. The van der Waals surface area contributed by atoms with Crippen molar-refractivity contribution in [1.29, 1.82) is 0 Å². The normalized spacial score (nSPS) is 10.5. The maximum absolute atomic E-state index is 10.9. The van der Waals surface area contributed by atoms with Crippen molar-refractivity contribution in [1.82, 2.24) is 20.2 Å². The molecule has 0 atom stereocenters. The van der Waals surface area contributed by atoms with E-state index in [1.54, 1.807) is 16.1 Å². The predicted molar refractivity (Wildman–Crippen MR) is 63.7 cm³/mol. The smallest absolute Gasteiger partial charge is 0.349 e. The number of carboxylic acids is 1. The van der Waals surface area contributed by atoms with Crippen molar-refractivity contribution in [2.45, 2.75) is 26.5 Å². The molecule has 0 unspecified atom stereocenters. The van der Waals surface area contributed by atoms with Gasteiger partial charge in [-0.25, -0.2) is 9.48 Å². The van der Waals surface area contributed by atoms with E-state index in [0.717, 1.165) is 17.8 Å². The Morgan fingerprint density at radius 3 is 3.17 bits per heavy atom. The topological polar surface area (TPSA) is 90.1 Å². The van der Waals surface area contributed by atoms with Crippen molar-refractivity contribution in [3.8, 4) is 5.75 Å². The van der Waals surface area contributed by atoms with E-state index in [2.05, 4.69) is 15.5 Å². The summed E-state index contributed by atoms with van der Waals surface area (Å²) in [7, 11) is 0. The highest BCUT2D eigenvalue weighted by molar-refractivity contribution is 7.12. The minimum atomic E-state index is -0.992. The summed E-state index contributed by atoms with van der Waals surface area (Å²) in [6.07, 6.45) is 0.914. The third-order valence-corrected chi connectivity index (χ3v) is 3.11. The Balaban J connectivity index is 2.04. The molecule has 2 heterocycles. The summed E-state index contributed by atoms with van der Waals surface area (Å²) in [5.41, 5.74) is 0. The van der Waals surface area contributed by atoms with E-state index in [9.17, 15) is 4.79 Å². The largest absolute Gasteiger partial charge is 0.484 e. The molecular weight excluding hydrogens is 256 g/mol. The summed E-state index contributed by atoms with van der Waals surface area (Å²) in [6.45, 7) is 2.89. The number of thiophene rings is 1. The van der Waals surface area contributed by atoms with Gasteiger partial charge in [-0.15, -0.1) is 16.4 Å². The fourth-order valence-electron chi connectivity index (χ4n) is 1.42. The molecule has 0 aromatic carbocycles. The van der Waals surface area contributed by atoms with Gasteiger partial charge in [0.25, 0.3) is 0 Å². The zero-order chi connectivity index (χ0) is 13.0. The van der Waals surface area contributed by atoms with Crippen LogP contribution in [0.25, 0.3) is 0 Å². The molecule has 0 fully saturated rings. The number of carboxylic acid groups (broad SMARTS) is 1. The first-order valence-corrected chi connectivity index (χ1v) is 6.29. The lowest BCUT2D eigenvalue weighted by molar-refractivity contribution is 0.0697. The fraction of sp³-hybridized carbons (Fsp3) is 0.400. The molecule has 0 radical (unpaired) electrons. The Hall–Kier alpha value is -1.96. The second-order valence-corrected chi connectivity index (χ2v) is 4.44. The molecule has 2 aromatic heterocycles. The summed E-state index contributed by atoms with van der Waals surface area (Å²) in [4.78, 5) is 11.1. The van der Waals surface area contributed by atoms with Crippen LogP contribution in [0.5, 0.6) is 5.75 Å². The van der Waals surface area contributed by atoms with Crippen LogP contribution in [0.4, 0.5) is 0 Å². The summed E-state index contributed by atoms with van der Waals surface area (Å²) >= 11 is 1.13. The second kappa shape index (κ2) is 5.58. The maximum atomic E-state index is 10.9. The van der Waals surface area contributed by atoms with E-state index >= 15 is 0 Å². The van der Waals surface area contributed by atoms with Crippen LogP contribution >= 0.6 is 11.3 Å². The third-order valence-electron chi connectivity index (χ3n) is 2.22. The fourth-order valence-corrected chi connectivity index (χ4v) is 2.09. The number of aromatic nitrogens is 4. The first-order chi connectivity index (χ1) is 8.72. The number of carbonyl (C=O) groups is 1. The molecule has 2 rings (SSSR count). The Morgan fingerprint density at radius 1 is 1.61 bits per heavy atom. The van der Waals surface area contributed by atoms with Crippen LogP contribution in [-0.2, 0) is 13.2 Å². The zero-order valence-electron chi connectivity index (χ0n) is 9.74. The Labute approximate surface area is 107 Å². The highest BCUT2D eigenvalue weighted by Crippen LogP contribution is 2.25. The van der Waals surface area contributed by atoms with Gasteiger partial charge in [0.2, 0.25) is 0 Å². The molecule has 0 bridgehead atoms.